The largest absolute Gasteiger partial charge is 0.382 e. The van der Waals surface area contributed by atoms with Crippen LogP contribution in [0.5, 0.6) is 0 Å². The van der Waals surface area contributed by atoms with Crippen molar-refractivity contribution in [3.63, 3.8) is 0 Å². The zero-order chi connectivity index (χ0) is 13.0. The second-order valence-electron chi connectivity index (χ2n) is 2.84. The molecular formula is C9H6BrClFN5. The van der Waals surface area contributed by atoms with E-state index in [-0.39, 0.29) is 16.4 Å². The van der Waals surface area contributed by atoms with Gasteiger partial charge in [0.1, 0.15) is 11.8 Å². The maximum absolute atomic E-state index is 13.5. The van der Waals surface area contributed by atoms with E-state index in [4.69, 9.17) is 28.0 Å². The van der Waals surface area contributed by atoms with Crippen molar-refractivity contribution in [3.8, 4) is 6.07 Å². The normalized spacial score (nSPS) is 10.8. The van der Waals surface area contributed by atoms with Crippen molar-refractivity contribution in [2.75, 3.05) is 5.43 Å². The summed E-state index contributed by atoms with van der Waals surface area (Å²) in [5.74, 6) is -1.16. The van der Waals surface area contributed by atoms with E-state index in [1.54, 1.807) is 6.07 Å². The van der Waals surface area contributed by atoms with Gasteiger partial charge in [-0.1, -0.05) is 27.5 Å². The third-order valence-electron chi connectivity index (χ3n) is 1.65. The quantitative estimate of drug-likeness (QED) is 0.453. The predicted molar refractivity (Wildman–Crippen MR) is 67.7 cm³/mol. The summed E-state index contributed by atoms with van der Waals surface area (Å²) in [5.41, 5.74) is 6.87. The van der Waals surface area contributed by atoms with E-state index >= 15 is 0 Å². The topological polar surface area (TPSA) is 98.0 Å². The molecule has 0 heterocycles. The van der Waals surface area contributed by atoms with Crippen molar-refractivity contribution in [1.82, 2.24) is 0 Å². The lowest BCUT2D eigenvalue weighted by atomic mass is 10.3. The first-order valence-corrected chi connectivity index (χ1v) is 5.35. The highest BCUT2D eigenvalue weighted by Gasteiger charge is 2.09. The Morgan fingerprint density at radius 2 is 2.29 bits per heavy atom. The summed E-state index contributed by atoms with van der Waals surface area (Å²) in [6.45, 7) is 0. The van der Waals surface area contributed by atoms with Gasteiger partial charge in [0, 0.05) is 4.47 Å². The Labute approximate surface area is 110 Å². The van der Waals surface area contributed by atoms with Crippen LogP contribution in [0.2, 0.25) is 5.02 Å². The summed E-state index contributed by atoms with van der Waals surface area (Å²) in [6, 6.07) is 4.23. The van der Waals surface area contributed by atoms with Crippen molar-refractivity contribution in [3.05, 3.63) is 27.4 Å². The van der Waals surface area contributed by atoms with Crippen molar-refractivity contribution in [1.29, 1.82) is 10.7 Å². The molecule has 1 aromatic carbocycles. The van der Waals surface area contributed by atoms with Gasteiger partial charge in [0.2, 0.25) is 5.71 Å². The SMILES string of the molecule is N#C/C(=N\Nc1c(F)cc(Br)cc1Cl)C(=N)N. The number of rotatable bonds is 3. The van der Waals surface area contributed by atoms with Crippen LogP contribution in [0.1, 0.15) is 0 Å². The highest BCUT2D eigenvalue weighted by molar-refractivity contribution is 9.10. The molecule has 0 unspecified atom stereocenters. The van der Waals surface area contributed by atoms with Crippen molar-refractivity contribution >= 4 is 44.8 Å². The number of benzene rings is 1. The van der Waals surface area contributed by atoms with Crippen LogP contribution in [-0.2, 0) is 0 Å². The van der Waals surface area contributed by atoms with Gasteiger partial charge in [0.05, 0.1) is 5.02 Å². The summed E-state index contributed by atoms with van der Waals surface area (Å²) >= 11 is 8.84. The number of nitrogens with two attached hydrogens (primary N) is 1. The van der Waals surface area contributed by atoms with E-state index in [0.29, 0.717) is 4.47 Å². The lowest BCUT2D eigenvalue weighted by Crippen LogP contribution is -2.22. The van der Waals surface area contributed by atoms with E-state index < -0.39 is 11.7 Å². The van der Waals surface area contributed by atoms with Gasteiger partial charge < -0.3 is 5.73 Å². The minimum absolute atomic E-state index is 0.0847. The van der Waals surface area contributed by atoms with Crippen LogP contribution in [0.3, 0.4) is 0 Å². The molecule has 0 aliphatic heterocycles. The minimum atomic E-state index is -0.644. The van der Waals surface area contributed by atoms with E-state index in [0.717, 1.165) is 0 Å². The molecule has 0 saturated carbocycles. The Kier molecular flexibility index (Phi) is 4.43. The molecular weight excluding hydrogens is 312 g/mol. The summed E-state index contributed by atoms with van der Waals surface area (Å²) in [4.78, 5) is 0. The van der Waals surface area contributed by atoms with Crippen molar-refractivity contribution < 1.29 is 4.39 Å². The Balaban J connectivity index is 3.05. The highest BCUT2D eigenvalue weighted by Crippen LogP contribution is 2.29. The van der Waals surface area contributed by atoms with E-state index in [9.17, 15) is 4.39 Å². The molecule has 8 heteroatoms. The van der Waals surface area contributed by atoms with Crippen molar-refractivity contribution in [2.45, 2.75) is 0 Å². The first-order valence-electron chi connectivity index (χ1n) is 4.18. The van der Waals surface area contributed by atoms with Crippen LogP contribution < -0.4 is 11.2 Å². The Bertz CT molecular complexity index is 514. The second-order valence-corrected chi connectivity index (χ2v) is 4.17. The molecule has 0 spiro atoms. The molecule has 0 fully saturated rings. The Morgan fingerprint density at radius 3 is 2.76 bits per heavy atom. The summed E-state index contributed by atoms with van der Waals surface area (Å²) in [6.07, 6.45) is 0. The van der Waals surface area contributed by atoms with E-state index in [2.05, 4.69) is 26.5 Å². The van der Waals surface area contributed by atoms with Crippen LogP contribution in [0.4, 0.5) is 10.1 Å². The molecule has 5 nitrogen and oxygen atoms in total. The molecule has 0 aliphatic rings. The van der Waals surface area contributed by atoms with Gasteiger partial charge in [0.25, 0.3) is 0 Å². The average molecular weight is 319 g/mol. The number of nitriles is 1. The lowest BCUT2D eigenvalue weighted by molar-refractivity contribution is 0.630. The van der Waals surface area contributed by atoms with Gasteiger partial charge in [-0.25, -0.2) is 4.39 Å². The standard InChI is InChI=1S/C9H6BrClFN5/c10-4-1-5(11)8(6(12)2-4)17-16-7(3-13)9(14)15/h1-2,17H,(H3,14,15)/b16-7+. The molecule has 4 N–H and O–H groups in total. The molecule has 0 aliphatic carbocycles. The zero-order valence-electron chi connectivity index (χ0n) is 8.26. The fourth-order valence-corrected chi connectivity index (χ4v) is 1.72. The number of anilines is 1. The first kappa shape index (κ1) is 13.4. The molecule has 0 saturated heterocycles. The van der Waals surface area contributed by atoms with Crippen LogP contribution in [0.25, 0.3) is 0 Å². The summed E-state index contributed by atoms with van der Waals surface area (Å²) in [7, 11) is 0. The zero-order valence-corrected chi connectivity index (χ0v) is 10.6. The second kappa shape index (κ2) is 5.61. The number of hydrazone groups is 1. The highest BCUT2D eigenvalue weighted by atomic mass is 79.9. The van der Waals surface area contributed by atoms with Crippen LogP contribution >= 0.6 is 27.5 Å². The first-order chi connectivity index (χ1) is 7.95. The molecule has 1 rings (SSSR count). The van der Waals surface area contributed by atoms with Crippen LogP contribution in [0.15, 0.2) is 21.7 Å². The summed E-state index contributed by atoms with van der Waals surface area (Å²) < 4.78 is 13.9. The number of amidine groups is 1. The third kappa shape index (κ3) is 3.41. The van der Waals surface area contributed by atoms with Crippen LogP contribution in [0, 0.1) is 22.6 Å². The van der Waals surface area contributed by atoms with E-state index in [1.807, 2.05) is 0 Å². The number of hydrogen-bond acceptors (Lipinski definition) is 4. The predicted octanol–water partition coefficient (Wildman–Crippen LogP) is 2.47. The molecule has 17 heavy (non-hydrogen) atoms. The molecule has 0 amide bonds. The average Bonchev–Trinajstić information content (AvgIpc) is 2.21. The molecule has 0 atom stereocenters. The number of nitrogens with one attached hydrogen (secondary N) is 2. The van der Waals surface area contributed by atoms with Gasteiger partial charge >= 0.3 is 0 Å². The molecule has 1 aromatic rings. The number of halogens is 3. The maximum atomic E-state index is 13.5. The van der Waals surface area contributed by atoms with Gasteiger partial charge in [-0.05, 0) is 12.1 Å². The van der Waals surface area contributed by atoms with Gasteiger partial charge in [-0.3, -0.25) is 10.8 Å². The van der Waals surface area contributed by atoms with Gasteiger partial charge in [0.15, 0.2) is 11.7 Å². The molecule has 0 aromatic heterocycles. The lowest BCUT2D eigenvalue weighted by Gasteiger charge is -2.05. The van der Waals surface area contributed by atoms with E-state index in [1.165, 1.54) is 12.1 Å². The molecule has 88 valence electrons. The fourth-order valence-electron chi connectivity index (χ4n) is 0.906. The van der Waals surface area contributed by atoms with Crippen molar-refractivity contribution in [2.24, 2.45) is 10.8 Å². The van der Waals surface area contributed by atoms with Crippen LogP contribution in [-0.4, -0.2) is 11.5 Å². The summed E-state index contributed by atoms with van der Waals surface area (Å²) in [5, 5.41) is 19.2. The van der Waals surface area contributed by atoms with Gasteiger partial charge in [-0.15, -0.1) is 0 Å². The maximum Gasteiger partial charge on any atom is 0.201 e. The number of hydrogen-bond donors (Lipinski definition) is 3. The third-order valence-corrected chi connectivity index (χ3v) is 2.40. The Morgan fingerprint density at radius 1 is 1.65 bits per heavy atom. The Hall–Kier alpha value is -1.65. The minimum Gasteiger partial charge on any atom is -0.382 e. The fraction of sp³-hybridized carbons (Fsp3) is 0. The monoisotopic (exact) mass is 317 g/mol. The molecule has 0 radical (unpaired) electrons. The smallest absolute Gasteiger partial charge is 0.201 e. The molecule has 0 bridgehead atoms. The van der Waals surface area contributed by atoms with Gasteiger partial charge in [-0.2, -0.15) is 10.4 Å². The number of nitrogens with zero attached hydrogens (tertiary/aromatic N) is 2.